The Kier molecular flexibility index (Phi) is 31.8. The van der Waals surface area contributed by atoms with Crippen LogP contribution in [0.2, 0.25) is 0 Å². The molecule has 24 heteroatoms. The van der Waals surface area contributed by atoms with Crippen LogP contribution in [0.3, 0.4) is 0 Å². The number of carbonyl (C=O) groups is 8. The molecule has 6 rings (SSSR count). The standard InChI is InChI=1S/2C22H21BrN2O3.3C4H4O4/c2*1-16(26)28-22-15-24-11-9-18(22)6-4-12-27-21-8-3-10-25-20(21)14-17-5-2-7-19(23)13-17;3*5-3(6)1-2-4(7)8/h2*2-3,5,7-11,13,15H,4,6,12,14H2,1H3;3*1-2H,(H,5,6)(H,7,8)/b;;3*2-1+. The van der Waals surface area contributed by atoms with Gasteiger partial charge in [-0.05, 0) is 109 Å². The molecule has 0 unspecified atom stereocenters. The summed E-state index contributed by atoms with van der Waals surface area (Å²) in [6.07, 6.45) is 17.9. The lowest BCUT2D eigenvalue weighted by Crippen LogP contribution is -2.06. The number of esters is 2. The van der Waals surface area contributed by atoms with Gasteiger partial charge in [0, 0.05) is 96.9 Å². The molecule has 0 aliphatic heterocycles. The Hall–Kier alpha value is -9.42. The summed E-state index contributed by atoms with van der Waals surface area (Å²) >= 11 is 7.00. The molecule has 6 N–H and O–H groups in total. The number of aromatic nitrogens is 4. The summed E-state index contributed by atoms with van der Waals surface area (Å²) < 4.78 is 24.5. The number of pyridine rings is 4. The fourth-order valence-corrected chi connectivity index (χ4v) is 6.99. The van der Waals surface area contributed by atoms with Crippen molar-refractivity contribution in [3.05, 3.63) is 201 Å². The van der Waals surface area contributed by atoms with Crippen molar-refractivity contribution in [2.75, 3.05) is 13.2 Å². The van der Waals surface area contributed by atoms with Crippen LogP contribution in [0.5, 0.6) is 23.0 Å². The number of hydrogen-bond donors (Lipinski definition) is 6. The second kappa shape index (κ2) is 38.2. The first kappa shape index (κ1) is 66.7. The number of nitrogens with zero attached hydrogens (tertiary/aromatic N) is 4. The number of aryl methyl sites for hydroxylation is 2. The zero-order valence-corrected chi connectivity index (χ0v) is 46.0. The minimum atomic E-state index is -1.26. The number of carboxylic acid groups (broad SMARTS) is 6. The maximum Gasteiger partial charge on any atom is 0.328 e. The first-order valence-electron chi connectivity index (χ1n) is 23.4. The summed E-state index contributed by atoms with van der Waals surface area (Å²) in [5.41, 5.74) is 6.03. The number of rotatable bonds is 22. The number of hydrogen-bond acceptors (Lipinski definition) is 16. The van der Waals surface area contributed by atoms with E-state index in [4.69, 9.17) is 49.6 Å². The van der Waals surface area contributed by atoms with E-state index >= 15 is 0 Å². The van der Waals surface area contributed by atoms with Gasteiger partial charge in [0.1, 0.15) is 11.5 Å². The van der Waals surface area contributed by atoms with Gasteiger partial charge in [-0.2, -0.15) is 0 Å². The van der Waals surface area contributed by atoms with Gasteiger partial charge in [-0.15, -0.1) is 0 Å². The molecule has 0 amide bonds. The molecule has 6 aromatic rings. The van der Waals surface area contributed by atoms with Gasteiger partial charge < -0.3 is 49.6 Å². The van der Waals surface area contributed by atoms with Crippen LogP contribution in [0.25, 0.3) is 0 Å². The lowest BCUT2D eigenvalue weighted by atomic mass is 10.1. The smallest absolute Gasteiger partial charge is 0.328 e. The molecular weight excluding hydrogens is 1180 g/mol. The van der Waals surface area contributed by atoms with Gasteiger partial charge in [-0.1, -0.05) is 56.1 Å². The fraction of sp³-hybridized carbons (Fsp3) is 0.179. The van der Waals surface area contributed by atoms with Crippen LogP contribution in [-0.4, -0.2) is 112 Å². The number of ether oxygens (including phenoxy) is 4. The first-order valence-corrected chi connectivity index (χ1v) is 25.0. The minimum Gasteiger partial charge on any atom is -0.492 e. The van der Waals surface area contributed by atoms with E-state index in [9.17, 15) is 38.4 Å². The Morgan fingerprint density at radius 2 is 0.787 bits per heavy atom. The molecule has 0 spiro atoms. The number of aliphatic carboxylic acids is 6. The Bertz CT molecular complexity index is 2830. The highest BCUT2D eigenvalue weighted by Gasteiger charge is 2.11. The van der Waals surface area contributed by atoms with Gasteiger partial charge >= 0.3 is 47.8 Å². The van der Waals surface area contributed by atoms with Gasteiger partial charge in [0.15, 0.2) is 11.5 Å². The van der Waals surface area contributed by atoms with E-state index in [-0.39, 0.29) is 11.9 Å². The van der Waals surface area contributed by atoms with E-state index in [2.05, 4.69) is 76.1 Å². The zero-order chi connectivity index (χ0) is 59.2. The second-order valence-corrected chi connectivity index (χ2v) is 17.4. The zero-order valence-electron chi connectivity index (χ0n) is 42.8. The van der Waals surface area contributed by atoms with Crippen molar-refractivity contribution in [3.8, 4) is 23.0 Å². The van der Waals surface area contributed by atoms with Crippen molar-refractivity contribution >= 4 is 79.6 Å². The highest BCUT2D eigenvalue weighted by molar-refractivity contribution is 9.10. The van der Waals surface area contributed by atoms with E-state index in [1.54, 1.807) is 37.2 Å². The van der Waals surface area contributed by atoms with Crippen LogP contribution >= 0.6 is 31.9 Å². The Morgan fingerprint density at radius 1 is 0.450 bits per heavy atom. The quantitative estimate of drug-likeness (QED) is 0.0210. The Morgan fingerprint density at radius 3 is 1.09 bits per heavy atom. The topological polar surface area (TPSA) is 346 Å². The molecule has 80 heavy (non-hydrogen) atoms. The van der Waals surface area contributed by atoms with Gasteiger partial charge in [0.25, 0.3) is 0 Å². The molecule has 0 radical (unpaired) electrons. The third kappa shape index (κ3) is 31.6. The normalized spacial score (nSPS) is 10.2. The second-order valence-electron chi connectivity index (χ2n) is 15.6. The molecule has 0 bridgehead atoms. The molecule has 4 heterocycles. The maximum atomic E-state index is 11.2. The van der Waals surface area contributed by atoms with Crippen LogP contribution in [0.4, 0.5) is 0 Å². The molecule has 2 aromatic carbocycles. The van der Waals surface area contributed by atoms with Crippen LogP contribution in [0.15, 0.2) is 168 Å². The van der Waals surface area contributed by atoms with Crippen LogP contribution < -0.4 is 18.9 Å². The summed E-state index contributed by atoms with van der Waals surface area (Å²) in [6.45, 7) is 3.85. The van der Waals surface area contributed by atoms with Gasteiger partial charge in [0.05, 0.1) is 37.0 Å². The van der Waals surface area contributed by atoms with Crippen molar-refractivity contribution in [1.82, 2.24) is 19.9 Å². The predicted molar refractivity (Wildman–Crippen MR) is 294 cm³/mol. The number of halogens is 2. The molecule has 0 atom stereocenters. The largest absolute Gasteiger partial charge is 0.492 e. The molecule has 0 aliphatic carbocycles. The van der Waals surface area contributed by atoms with Gasteiger partial charge in [-0.3, -0.25) is 29.5 Å². The van der Waals surface area contributed by atoms with Crippen molar-refractivity contribution in [1.29, 1.82) is 0 Å². The molecular formula is C56H54Br2N4O18. The number of benzene rings is 2. The summed E-state index contributed by atoms with van der Waals surface area (Å²) in [4.78, 5) is 96.7. The monoisotopic (exact) mass is 1230 g/mol. The number of carboxylic acids is 6. The summed E-state index contributed by atoms with van der Waals surface area (Å²) in [7, 11) is 0. The van der Waals surface area contributed by atoms with E-state index in [0.29, 0.717) is 74.0 Å². The lowest BCUT2D eigenvalue weighted by molar-refractivity contribution is -0.134. The van der Waals surface area contributed by atoms with E-state index < -0.39 is 35.8 Å². The molecule has 0 fully saturated rings. The fourth-order valence-electron chi connectivity index (χ4n) is 6.10. The van der Waals surface area contributed by atoms with Crippen LogP contribution in [-0.2, 0) is 64.0 Å². The van der Waals surface area contributed by atoms with Crippen LogP contribution in [0, 0.1) is 0 Å². The average Bonchev–Trinajstić information content (AvgIpc) is 3.39. The van der Waals surface area contributed by atoms with Crippen molar-refractivity contribution in [2.24, 2.45) is 0 Å². The van der Waals surface area contributed by atoms with Gasteiger partial charge in [0.2, 0.25) is 0 Å². The molecule has 420 valence electrons. The van der Waals surface area contributed by atoms with Crippen molar-refractivity contribution < 1.29 is 87.9 Å². The molecule has 22 nitrogen and oxygen atoms in total. The highest BCUT2D eigenvalue weighted by atomic mass is 79.9. The summed E-state index contributed by atoms with van der Waals surface area (Å²) in [5, 5.41) is 46.9. The summed E-state index contributed by atoms with van der Waals surface area (Å²) in [5.74, 6) is -5.65. The maximum absolute atomic E-state index is 11.2. The average molecular weight is 1230 g/mol. The van der Waals surface area contributed by atoms with E-state index in [1.807, 2.05) is 60.7 Å². The first-order chi connectivity index (χ1) is 38.1. The Balaban J connectivity index is 0.000000390. The van der Waals surface area contributed by atoms with Gasteiger partial charge in [-0.25, -0.2) is 28.8 Å². The van der Waals surface area contributed by atoms with E-state index in [1.165, 1.54) is 25.0 Å². The molecule has 0 saturated heterocycles. The molecule has 0 saturated carbocycles. The minimum absolute atomic E-state index is 0.349. The van der Waals surface area contributed by atoms with E-state index in [0.717, 1.165) is 68.6 Å². The summed E-state index contributed by atoms with van der Waals surface area (Å²) in [6, 6.07) is 27.7. The third-order valence-corrected chi connectivity index (χ3v) is 10.3. The predicted octanol–water partition coefficient (Wildman–Crippen LogP) is 8.67. The number of carbonyl (C=O) groups excluding carboxylic acids is 2. The Labute approximate surface area is 475 Å². The van der Waals surface area contributed by atoms with Crippen molar-refractivity contribution in [3.63, 3.8) is 0 Å². The van der Waals surface area contributed by atoms with Crippen molar-refractivity contribution in [2.45, 2.75) is 52.4 Å². The SMILES string of the molecule is CC(=O)Oc1cnccc1CCCOc1cccnc1Cc1cccc(Br)c1.CC(=O)Oc1cnccc1CCCOc1cccnc1Cc1cccc(Br)c1.O=C(O)/C=C/C(=O)O.O=C(O)/C=C/C(=O)O.O=C(O)/C=C/C(=O)O. The lowest BCUT2D eigenvalue weighted by Gasteiger charge is -2.12. The molecule has 0 aliphatic rings. The highest BCUT2D eigenvalue weighted by Crippen LogP contribution is 2.25. The molecule has 4 aromatic heterocycles. The van der Waals surface area contributed by atoms with Crippen LogP contribution in [0.1, 0.15) is 60.3 Å². The third-order valence-electron chi connectivity index (χ3n) is 9.27.